The highest BCUT2D eigenvalue weighted by Gasteiger charge is 2.15. The van der Waals surface area contributed by atoms with Crippen LogP contribution in [0.2, 0.25) is 0 Å². The van der Waals surface area contributed by atoms with Crippen molar-refractivity contribution in [2.45, 2.75) is 13.3 Å². The highest BCUT2D eigenvalue weighted by molar-refractivity contribution is 5.97. The van der Waals surface area contributed by atoms with Crippen molar-refractivity contribution in [3.05, 3.63) is 65.0 Å². The van der Waals surface area contributed by atoms with E-state index in [2.05, 4.69) is 5.32 Å². The van der Waals surface area contributed by atoms with Gasteiger partial charge < -0.3 is 10.4 Å². The Morgan fingerprint density at radius 2 is 1.95 bits per heavy atom. The maximum absolute atomic E-state index is 13.5. The Bertz CT molecular complexity index is 605. The van der Waals surface area contributed by atoms with E-state index in [0.717, 1.165) is 17.2 Å². The van der Waals surface area contributed by atoms with Crippen LogP contribution < -0.4 is 5.32 Å². The molecule has 20 heavy (non-hydrogen) atoms. The van der Waals surface area contributed by atoms with Gasteiger partial charge in [-0.2, -0.15) is 0 Å². The lowest BCUT2D eigenvalue weighted by molar-refractivity contribution is 0.0947. The van der Waals surface area contributed by atoms with Gasteiger partial charge in [0.05, 0.1) is 0 Å². The van der Waals surface area contributed by atoms with Crippen molar-refractivity contribution >= 4 is 5.91 Å². The maximum Gasteiger partial charge on any atom is 0.258 e. The topological polar surface area (TPSA) is 49.3 Å². The lowest BCUT2D eigenvalue weighted by Gasteiger charge is -2.09. The van der Waals surface area contributed by atoms with Gasteiger partial charge in [-0.25, -0.2) is 4.39 Å². The lowest BCUT2D eigenvalue weighted by atomic mass is 10.1. The van der Waals surface area contributed by atoms with Gasteiger partial charge in [-0.1, -0.05) is 30.3 Å². The van der Waals surface area contributed by atoms with Gasteiger partial charge in [0, 0.05) is 6.54 Å². The van der Waals surface area contributed by atoms with Gasteiger partial charge >= 0.3 is 0 Å². The molecule has 0 aliphatic rings. The molecule has 0 aliphatic carbocycles. The standard InChI is InChI=1S/C16H16FNO2/c1-11-5-2-3-6-12(11)9-10-18-16(20)15-13(17)7-4-8-14(15)19/h2-8,19H,9-10H2,1H3,(H,18,20). The van der Waals surface area contributed by atoms with Crippen molar-refractivity contribution in [2.24, 2.45) is 0 Å². The Balaban J connectivity index is 1.98. The third kappa shape index (κ3) is 3.15. The van der Waals surface area contributed by atoms with Crippen LogP contribution in [0.5, 0.6) is 5.75 Å². The van der Waals surface area contributed by atoms with E-state index in [-0.39, 0.29) is 11.3 Å². The van der Waals surface area contributed by atoms with Crippen molar-refractivity contribution in [1.29, 1.82) is 0 Å². The van der Waals surface area contributed by atoms with Crippen LogP contribution in [0.4, 0.5) is 4.39 Å². The number of rotatable bonds is 4. The molecule has 2 aromatic carbocycles. The van der Waals surface area contributed by atoms with Crippen molar-refractivity contribution in [2.75, 3.05) is 6.54 Å². The fourth-order valence-corrected chi connectivity index (χ4v) is 2.03. The van der Waals surface area contributed by atoms with Crippen molar-refractivity contribution in [3.8, 4) is 5.75 Å². The smallest absolute Gasteiger partial charge is 0.258 e. The number of amides is 1. The number of phenolic OH excluding ortho intramolecular Hbond substituents is 1. The molecule has 1 amide bonds. The Morgan fingerprint density at radius 3 is 2.65 bits per heavy atom. The minimum atomic E-state index is -0.724. The van der Waals surface area contributed by atoms with E-state index in [9.17, 15) is 14.3 Å². The van der Waals surface area contributed by atoms with Gasteiger partial charge in [-0.05, 0) is 36.6 Å². The average Bonchev–Trinajstić information content (AvgIpc) is 2.41. The zero-order valence-electron chi connectivity index (χ0n) is 11.2. The van der Waals surface area contributed by atoms with Gasteiger partial charge in [0.25, 0.3) is 5.91 Å². The second kappa shape index (κ2) is 6.19. The van der Waals surface area contributed by atoms with E-state index in [1.807, 2.05) is 31.2 Å². The van der Waals surface area contributed by atoms with Crippen molar-refractivity contribution in [1.82, 2.24) is 5.32 Å². The molecule has 0 bridgehead atoms. The number of benzene rings is 2. The second-order valence-electron chi connectivity index (χ2n) is 4.57. The lowest BCUT2D eigenvalue weighted by Crippen LogP contribution is -2.26. The molecule has 3 nitrogen and oxygen atoms in total. The third-order valence-corrected chi connectivity index (χ3v) is 3.16. The summed E-state index contributed by atoms with van der Waals surface area (Å²) in [6, 6.07) is 11.7. The summed E-state index contributed by atoms with van der Waals surface area (Å²) in [6.45, 7) is 2.39. The van der Waals surface area contributed by atoms with E-state index < -0.39 is 11.7 Å². The molecule has 4 heteroatoms. The SMILES string of the molecule is Cc1ccccc1CCNC(=O)c1c(O)cccc1F. The molecule has 0 spiro atoms. The first kappa shape index (κ1) is 14.1. The monoisotopic (exact) mass is 273 g/mol. The van der Waals surface area contributed by atoms with E-state index in [0.29, 0.717) is 13.0 Å². The number of nitrogens with one attached hydrogen (secondary N) is 1. The number of aromatic hydroxyl groups is 1. The summed E-state index contributed by atoms with van der Waals surface area (Å²) < 4.78 is 13.5. The summed E-state index contributed by atoms with van der Waals surface area (Å²) in [5.74, 6) is -1.68. The van der Waals surface area contributed by atoms with Crippen LogP contribution in [0.15, 0.2) is 42.5 Å². The normalized spacial score (nSPS) is 10.3. The van der Waals surface area contributed by atoms with Crippen molar-refractivity contribution < 1.29 is 14.3 Å². The van der Waals surface area contributed by atoms with Crippen LogP contribution >= 0.6 is 0 Å². The number of hydrogen-bond acceptors (Lipinski definition) is 2. The second-order valence-corrected chi connectivity index (χ2v) is 4.57. The molecule has 0 fully saturated rings. The van der Waals surface area contributed by atoms with Gasteiger partial charge in [0.1, 0.15) is 17.1 Å². The molecule has 0 aromatic heterocycles. The van der Waals surface area contributed by atoms with Crippen LogP contribution in [-0.4, -0.2) is 17.6 Å². The molecule has 0 aliphatic heterocycles. The van der Waals surface area contributed by atoms with Crippen molar-refractivity contribution in [3.63, 3.8) is 0 Å². The molecular weight excluding hydrogens is 257 g/mol. The molecule has 2 N–H and O–H groups in total. The summed E-state index contributed by atoms with van der Waals surface area (Å²) in [4.78, 5) is 11.9. The number of aryl methyl sites for hydroxylation is 1. The summed E-state index contributed by atoms with van der Waals surface area (Å²) in [7, 11) is 0. The van der Waals surface area contributed by atoms with E-state index >= 15 is 0 Å². The molecule has 0 saturated carbocycles. The Kier molecular flexibility index (Phi) is 4.35. The fraction of sp³-hybridized carbons (Fsp3) is 0.188. The average molecular weight is 273 g/mol. The minimum Gasteiger partial charge on any atom is -0.507 e. The first-order valence-corrected chi connectivity index (χ1v) is 6.40. The van der Waals surface area contributed by atoms with Crippen LogP contribution in [0.1, 0.15) is 21.5 Å². The first-order chi connectivity index (χ1) is 9.59. The molecule has 0 atom stereocenters. The zero-order valence-corrected chi connectivity index (χ0v) is 11.2. The first-order valence-electron chi connectivity index (χ1n) is 6.40. The van der Waals surface area contributed by atoms with Gasteiger partial charge in [-0.15, -0.1) is 0 Å². The van der Waals surface area contributed by atoms with Gasteiger partial charge in [-0.3, -0.25) is 4.79 Å². The van der Waals surface area contributed by atoms with Crippen LogP contribution in [0.3, 0.4) is 0 Å². The van der Waals surface area contributed by atoms with E-state index in [4.69, 9.17) is 0 Å². The number of carbonyl (C=O) groups excluding carboxylic acids is 1. The predicted octanol–water partition coefficient (Wildman–Crippen LogP) is 2.81. The van der Waals surface area contributed by atoms with Gasteiger partial charge in [0.15, 0.2) is 0 Å². The quantitative estimate of drug-likeness (QED) is 0.900. The third-order valence-electron chi connectivity index (χ3n) is 3.16. The number of halogens is 1. The molecule has 0 radical (unpaired) electrons. The molecule has 2 aromatic rings. The minimum absolute atomic E-state index is 0.308. The fourth-order valence-electron chi connectivity index (χ4n) is 2.03. The van der Waals surface area contributed by atoms with Crippen LogP contribution in [0, 0.1) is 12.7 Å². The van der Waals surface area contributed by atoms with Crippen LogP contribution in [0.25, 0.3) is 0 Å². The molecule has 0 unspecified atom stereocenters. The molecule has 0 saturated heterocycles. The summed E-state index contributed by atoms with van der Waals surface area (Å²) in [6.07, 6.45) is 0.660. The predicted molar refractivity (Wildman–Crippen MR) is 75.3 cm³/mol. The summed E-state index contributed by atoms with van der Waals surface area (Å²) >= 11 is 0. The summed E-state index contributed by atoms with van der Waals surface area (Å²) in [5.41, 5.74) is 1.97. The Morgan fingerprint density at radius 1 is 1.20 bits per heavy atom. The zero-order chi connectivity index (χ0) is 14.5. The molecule has 104 valence electrons. The molecule has 2 rings (SSSR count). The van der Waals surface area contributed by atoms with Crippen LogP contribution in [-0.2, 0) is 6.42 Å². The largest absolute Gasteiger partial charge is 0.507 e. The summed E-state index contributed by atoms with van der Waals surface area (Å²) in [5, 5.41) is 12.1. The highest BCUT2D eigenvalue weighted by Crippen LogP contribution is 2.19. The number of phenols is 1. The van der Waals surface area contributed by atoms with E-state index in [1.165, 1.54) is 12.1 Å². The maximum atomic E-state index is 13.5. The number of hydrogen-bond donors (Lipinski definition) is 2. The highest BCUT2D eigenvalue weighted by atomic mass is 19.1. The van der Waals surface area contributed by atoms with E-state index in [1.54, 1.807) is 0 Å². The Labute approximate surface area is 117 Å². The molecular formula is C16H16FNO2. The number of carbonyl (C=O) groups is 1. The molecule has 0 heterocycles. The Hall–Kier alpha value is -2.36. The van der Waals surface area contributed by atoms with Gasteiger partial charge in [0.2, 0.25) is 0 Å².